The van der Waals surface area contributed by atoms with E-state index in [2.05, 4.69) is 9.97 Å². The van der Waals surface area contributed by atoms with Crippen LogP contribution >= 0.6 is 0 Å². The summed E-state index contributed by atoms with van der Waals surface area (Å²) in [5, 5.41) is 0. The number of carbonyl (C=O) groups is 1. The number of piperazine rings is 1. The molecule has 2 aromatic rings. The third-order valence-corrected chi connectivity index (χ3v) is 6.96. The van der Waals surface area contributed by atoms with Crippen LogP contribution in [0.1, 0.15) is 24.2 Å². The van der Waals surface area contributed by atoms with Crippen molar-refractivity contribution in [1.29, 1.82) is 0 Å². The number of aromatic nitrogens is 2. The molecule has 0 radical (unpaired) electrons. The Morgan fingerprint density at radius 3 is 2.31 bits per heavy atom. The van der Waals surface area contributed by atoms with Crippen LogP contribution in [0.2, 0.25) is 0 Å². The summed E-state index contributed by atoms with van der Waals surface area (Å²) in [4.78, 5) is 24.7. The van der Waals surface area contributed by atoms with E-state index in [9.17, 15) is 17.6 Å². The van der Waals surface area contributed by atoms with Crippen LogP contribution in [0.4, 0.5) is 10.3 Å². The smallest absolute Gasteiger partial charge is 0.256 e. The standard InChI is InChI=1S/C19H24FN5O3S/c1-3-25(4-2)29(27,28)15-6-7-17(20)16(14-15)18(26)23-10-12-24(13-11-23)19-21-8-5-9-22-19/h5-9,14H,3-4,10-13H2,1-2H3. The Kier molecular flexibility index (Phi) is 6.43. The summed E-state index contributed by atoms with van der Waals surface area (Å²) >= 11 is 0. The van der Waals surface area contributed by atoms with Gasteiger partial charge in [-0.15, -0.1) is 0 Å². The third kappa shape index (κ3) is 4.38. The second-order valence-corrected chi connectivity index (χ2v) is 8.50. The van der Waals surface area contributed by atoms with Gasteiger partial charge < -0.3 is 9.80 Å². The van der Waals surface area contributed by atoms with Gasteiger partial charge in [-0.05, 0) is 24.3 Å². The molecule has 1 aliphatic rings. The Hall–Kier alpha value is -2.59. The lowest BCUT2D eigenvalue weighted by molar-refractivity contribution is 0.0741. The molecule has 0 aliphatic carbocycles. The fourth-order valence-corrected chi connectivity index (χ4v) is 4.76. The number of anilines is 1. The summed E-state index contributed by atoms with van der Waals surface area (Å²) in [6.07, 6.45) is 3.30. The second kappa shape index (κ2) is 8.83. The van der Waals surface area contributed by atoms with E-state index in [0.29, 0.717) is 45.2 Å². The summed E-state index contributed by atoms with van der Waals surface area (Å²) in [5.41, 5.74) is -0.234. The first-order valence-corrected chi connectivity index (χ1v) is 10.9. The van der Waals surface area contributed by atoms with E-state index < -0.39 is 21.7 Å². The topological polar surface area (TPSA) is 86.7 Å². The molecule has 3 rings (SSSR count). The maximum atomic E-state index is 14.4. The molecule has 2 heterocycles. The molecular formula is C19H24FN5O3S. The van der Waals surface area contributed by atoms with Crippen molar-refractivity contribution in [2.75, 3.05) is 44.2 Å². The van der Waals surface area contributed by atoms with Crippen molar-refractivity contribution in [2.24, 2.45) is 0 Å². The summed E-state index contributed by atoms with van der Waals surface area (Å²) < 4.78 is 41.1. The average Bonchev–Trinajstić information content (AvgIpc) is 2.75. The van der Waals surface area contributed by atoms with E-state index in [-0.39, 0.29) is 10.5 Å². The molecule has 8 nitrogen and oxygen atoms in total. The van der Waals surface area contributed by atoms with E-state index in [1.54, 1.807) is 32.3 Å². The van der Waals surface area contributed by atoms with Crippen molar-refractivity contribution < 1.29 is 17.6 Å². The quantitative estimate of drug-likeness (QED) is 0.704. The van der Waals surface area contributed by atoms with Crippen LogP contribution in [-0.4, -0.2) is 72.8 Å². The highest BCUT2D eigenvalue weighted by atomic mass is 32.2. The van der Waals surface area contributed by atoms with Crippen LogP contribution in [0.25, 0.3) is 0 Å². The predicted molar refractivity (Wildman–Crippen MR) is 107 cm³/mol. The molecule has 1 aromatic carbocycles. The van der Waals surface area contributed by atoms with Crippen molar-refractivity contribution in [2.45, 2.75) is 18.7 Å². The monoisotopic (exact) mass is 421 g/mol. The molecule has 156 valence electrons. The molecule has 1 amide bonds. The van der Waals surface area contributed by atoms with Crippen molar-refractivity contribution in [3.05, 3.63) is 48.0 Å². The highest BCUT2D eigenvalue weighted by Crippen LogP contribution is 2.21. The average molecular weight is 421 g/mol. The maximum Gasteiger partial charge on any atom is 0.256 e. The summed E-state index contributed by atoms with van der Waals surface area (Å²) in [6, 6.07) is 5.10. The number of halogens is 1. The number of sulfonamides is 1. The van der Waals surface area contributed by atoms with Gasteiger partial charge in [0, 0.05) is 51.7 Å². The van der Waals surface area contributed by atoms with Crippen LogP contribution in [0.3, 0.4) is 0 Å². The number of nitrogens with zero attached hydrogens (tertiary/aromatic N) is 5. The Bertz CT molecular complexity index is 959. The van der Waals surface area contributed by atoms with Gasteiger partial charge in [-0.1, -0.05) is 13.8 Å². The van der Waals surface area contributed by atoms with Gasteiger partial charge in [-0.25, -0.2) is 22.8 Å². The molecule has 0 atom stereocenters. The van der Waals surface area contributed by atoms with Crippen molar-refractivity contribution in [3.8, 4) is 0 Å². The fraction of sp³-hybridized carbons (Fsp3) is 0.421. The van der Waals surface area contributed by atoms with Gasteiger partial charge in [0.15, 0.2) is 0 Å². The number of amides is 1. The summed E-state index contributed by atoms with van der Waals surface area (Å²) in [5.74, 6) is -0.673. The van der Waals surface area contributed by atoms with Crippen molar-refractivity contribution in [1.82, 2.24) is 19.2 Å². The predicted octanol–water partition coefficient (Wildman–Crippen LogP) is 1.61. The number of carbonyl (C=O) groups excluding carboxylic acids is 1. The minimum absolute atomic E-state index is 0.0812. The van der Waals surface area contributed by atoms with Crippen molar-refractivity contribution in [3.63, 3.8) is 0 Å². The van der Waals surface area contributed by atoms with E-state index in [0.717, 1.165) is 12.1 Å². The molecule has 0 bridgehead atoms. The molecule has 0 saturated carbocycles. The van der Waals surface area contributed by atoms with Gasteiger partial charge >= 0.3 is 0 Å². The van der Waals surface area contributed by atoms with Crippen LogP contribution in [0.5, 0.6) is 0 Å². The fourth-order valence-electron chi connectivity index (χ4n) is 3.28. The van der Waals surface area contributed by atoms with Crippen LogP contribution in [-0.2, 0) is 10.0 Å². The lowest BCUT2D eigenvalue weighted by atomic mass is 10.1. The first-order chi connectivity index (χ1) is 13.9. The number of hydrogen-bond donors (Lipinski definition) is 0. The molecule has 10 heteroatoms. The minimum atomic E-state index is -3.78. The van der Waals surface area contributed by atoms with E-state index >= 15 is 0 Å². The minimum Gasteiger partial charge on any atom is -0.337 e. The zero-order chi connectivity index (χ0) is 21.0. The molecule has 1 saturated heterocycles. The largest absolute Gasteiger partial charge is 0.337 e. The Morgan fingerprint density at radius 2 is 1.72 bits per heavy atom. The first kappa shape index (κ1) is 21.1. The Morgan fingerprint density at radius 1 is 1.10 bits per heavy atom. The van der Waals surface area contributed by atoms with Gasteiger partial charge in [0.1, 0.15) is 5.82 Å². The van der Waals surface area contributed by atoms with E-state index in [1.807, 2.05) is 4.90 Å². The molecule has 1 aliphatic heterocycles. The zero-order valence-electron chi connectivity index (χ0n) is 16.5. The summed E-state index contributed by atoms with van der Waals surface area (Å²) in [7, 11) is -3.78. The molecule has 0 unspecified atom stereocenters. The molecule has 1 aromatic heterocycles. The first-order valence-electron chi connectivity index (χ1n) is 9.49. The zero-order valence-corrected chi connectivity index (χ0v) is 17.3. The Balaban J connectivity index is 1.78. The highest BCUT2D eigenvalue weighted by Gasteiger charge is 2.28. The second-order valence-electron chi connectivity index (χ2n) is 6.56. The van der Waals surface area contributed by atoms with Gasteiger partial charge in [-0.2, -0.15) is 4.31 Å². The molecule has 0 spiro atoms. The Labute approximate surface area is 170 Å². The van der Waals surface area contributed by atoms with Gasteiger partial charge in [0.25, 0.3) is 5.91 Å². The number of benzene rings is 1. The van der Waals surface area contributed by atoms with Gasteiger partial charge in [0.2, 0.25) is 16.0 Å². The number of hydrogen-bond acceptors (Lipinski definition) is 6. The molecule has 0 N–H and O–H groups in total. The molecular weight excluding hydrogens is 397 g/mol. The SMILES string of the molecule is CCN(CC)S(=O)(=O)c1ccc(F)c(C(=O)N2CCN(c3ncccn3)CC2)c1. The van der Waals surface area contributed by atoms with Crippen LogP contribution < -0.4 is 4.90 Å². The lowest BCUT2D eigenvalue weighted by Crippen LogP contribution is -2.49. The van der Waals surface area contributed by atoms with Crippen LogP contribution in [0.15, 0.2) is 41.6 Å². The lowest BCUT2D eigenvalue weighted by Gasteiger charge is -2.34. The normalized spacial score (nSPS) is 15.0. The number of rotatable bonds is 6. The molecule has 29 heavy (non-hydrogen) atoms. The third-order valence-electron chi connectivity index (χ3n) is 4.91. The van der Waals surface area contributed by atoms with E-state index in [1.165, 1.54) is 15.3 Å². The summed E-state index contributed by atoms with van der Waals surface area (Å²) in [6.45, 7) is 5.79. The molecule has 1 fully saturated rings. The van der Waals surface area contributed by atoms with Crippen LogP contribution in [0, 0.1) is 5.82 Å². The maximum absolute atomic E-state index is 14.4. The van der Waals surface area contributed by atoms with E-state index in [4.69, 9.17) is 0 Å². The van der Waals surface area contributed by atoms with Gasteiger partial charge in [0.05, 0.1) is 10.5 Å². The van der Waals surface area contributed by atoms with Crippen molar-refractivity contribution >= 4 is 21.9 Å². The highest BCUT2D eigenvalue weighted by molar-refractivity contribution is 7.89. The van der Waals surface area contributed by atoms with Gasteiger partial charge in [-0.3, -0.25) is 4.79 Å².